The van der Waals surface area contributed by atoms with Gasteiger partial charge in [-0.05, 0) is 30.2 Å². The number of allylic oxidation sites excluding steroid dienone is 1. The quantitative estimate of drug-likeness (QED) is 0.778. The molecule has 78 valence electrons. The van der Waals surface area contributed by atoms with Crippen LogP contribution in [0.25, 0.3) is 16.5 Å². The number of nitrogens with one attached hydrogen (secondary N) is 1. The van der Waals surface area contributed by atoms with Crippen LogP contribution in [0.5, 0.6) is 0 Å². The fourth-order valence-corrected chi connectivity index (χ4v) is 1.74. The highest BCUT2D eigenvalue weighted by atomic mass is 35.5. The van der Waals surface area contributed by atoms with E-state index in [1.165, 1.54) is 6.07 Å². The normalized spacial score (nSPS) is 10.9. The van der Waals surface area contributed by atoms with Crippen molar-refractivity contribution in [3.8, 4) is 0 Å². The summed E-state index contributed by atoms with van der Waals surface area (Å²) in [7, 11) is 0. The highest BCUT2D eigenvalue weighted by Crippen LogP contribution is 2.28. The summed E-state index contributed by atoms with van der Waals surface area (Å²) >= 11 is 5.85. The Hall–Kier alpha value is -1.28. The highest BCUT2D eigenvalue weighted by Gasteiger charge is 2.09. The van der Waals surface area contributed by atoms with Gasteiger partial charge in [0.2, 0.25) is 0 Å². The average Bonchev–Trinajstić information content (AvgIpc) is 2.67. The Morgan fingerprint density at radius 1 is 1.53 bits per heavy atom. The summed E-state index contributed by atoms with van der Waals surface area (Å²) in [5.41, 5.74) is 2.55. The molecule has 0 fully saturated rings. The summed E-state index contributed by atoms with van der Waals surface area (Å²) in [6.45, 7) is 5.95. The summed E-state index contributed by atoms with van der Waals surface area (Å²) in [5.74, 6) is -0.403. The first-order valence-electron chi connectivity index (χ1n) is 4.78. The minimum absolute atomic E-state index is 0.141. The van der Waals surface area contributed by atoms with Gasteiger partial charge in [0.1, 0.15) is 10.8 Å². The first-order chi connectivity index (χ1) is 7.13. The lowest BCUT2D eigenvalue weighted by atomic mass is 10.1. The molecule has 0 unspecified atom stereocenters. The predicted molar refractivity (Wildman–Crippen MR) is 62.6 cm³/mol. The smallest absolute Gasteiger partial charge is 0.143 e. The number of H-pyrrole nitrogens is 1. The average molecular weight is 224 g/mol. The molecule has 1 aromatic heterocycles. The second-order valence-electron chi connectivity index (χ2n) is 3.47. The zero-order chi connectivity index (χ0) is 11.0. The molecule has 0 aliphatic rings. The van der Waals surface area contributed by atoms with Crippen molar-refractivity contribution >= 4 is 28.1 Å². The van der Waals surface area contributed by atoms with Gasteiger partial charge < -0.3 is 4.98 Å². The Labute approximate surface area is 92.6 Å². The lowest BCUT2D eigenvalue weighted by molar-refractivity contribution is 0.630. The van der Waals surface area contributed by atoms with Gasteiger partial charge in [0, 0.05) is 11.1 Å². The Bertz CT molecular complexity index is 528. The van der Waals surface area contributed by atoms with Gasteiger partial charge in [0.05, 0.1) is 5.52 Å². The van der Waals surface area contributed by atoms with E-state index in [1.54, 1.807) is 6.07 Å². The molecule has 1 heterocycles. The van der Waals surface area contributed by atoms with Gasteiger partial charge in [-0.1, -0.05) is 25.1 Å². The van der Waals surface area contributed by atoms with Crippen molar-refractivity contribution in [2.45, 2.75) is 13.3 Å². The Balaban J connectivity index is 2.66. The Kier molecular flexibility index (Phi) is 2.53. The molecule has 0 amide bonds. The molecule has 0 saturated heterocycles. The van der Waals surface area contributed by atoms with Gasteiger partial charge in [-0.25, -0.2) is 4.39 Å². The van der Waals surface area contributed by atoms with Crippen molar-refractivity contribution in [1.29, 1.82) is 0 Å². The van der Waals surface area contributed by atoms with Crippen LogP contribution in [-0.4, -0.2) is 4.98 Å². The highest BCUT2D eigenvalue weighted by molar-refractivity contribution is 6.35. The second kappa shape index (κ2) is 3.70. The van der Waals surface area contributed by atoms with Crippen LogP contribution in [0.15, 0.2) is 24.8 Å². The summed E-state index contributed by atoms with van der Waals surface area (Å²) in [4.78, 5) is 3.08. The summed E-state index contributed by atoms with van der Waals surface area (Å²) in [5, 5.41) is 1.05. The van der Waals surface area contributed by atoms with Crippen molar-refractivity contribution in [3.05, 3.63) is 41.3 Å². The van der Waals surface area contributed by atoms with E-state index in [9.17, 15) is 4.39 Å². The lowest BCUT2D eigenvalue weighted by Crippen LogP contribution is -1.80. The molecule has 0 aliphatic heterocycles. The minimum atomic E-state index is -0.403. The van der Waals surface area contributed by atoms with Gasteiger partial charge in [-0.3, -0.25) is 0 Å². The third kappa shape index (κ3) is 1.65. The van der Waals surface area contributed by atoms with Crippen molar-refractivity contribution in [3.63, 3.8) is 0 Å². The maximum Gasteiger partial charge on any atom is 0.143 e. The van der Waals surface area contributed by atoms with Crippen molar-refractivity contribution in [2.75, 3.05) is 0 Å². The van der Waals surface area contributed by atoms with E-state index in [4.69, 9.17) is 11.6 Å². The van der Waals surface area contributed by atoms with E-state index >= 15 is 0 Å². The van der Waals surface area contributed by atoms with E-state index in [-0.39, 0.29) is 5.02 Å². The standard InChI is InChI=1S/C12H11ClFN/c1-3-7(2)10-6-8-4-5-9(14)11(13)12(8)15-10/h4-6,15H,2-3H2,1H3. The Morgan fingerprint density at radius 3 is 2.93 bits per heavy atom. The molecule has 1 N–H and O–H groups in total. The fourth-order valence-electron chi connectivity index (χ4n) is 1.52. The van der Waals surface area contributed by atoms with Gasteiger partial charge in [-0.15, -0.1) is 0 Å². The van der Waals surface area contributed by atoms with Crippen LogP contribution >= 0.6 is 11.6 Å². The van der Waals surface area contributed by atoms with Crippen LogP contribution in [0, 0.1) is 5.82 Å². The molecule has 1 nitrogen and oxygen atoms in total. The molecule has 2 aromatic rings. The topological polar surface area (TPSA) is 15.8 Å². The molecule has 0 bridgehead atoms. The molecule has 3 heteroatoms. The summed E-state index contributed by atoms with van der Waals surface area (Å²) in [6.07, 6.45) is 0.854. The van der Waals surface area contributed by atoms with Gasteiger partial charge in [0.25, 0.3) is 0 Å². The van der Waals surface area contributed by atoms with Gasteiger partial charge >= 0.3 is 0 Å². The molecule has 0 radical (unpaired) electrons. The van der Waals surface area contributed by atoms with Gasteiger partial charge in [0.15, 0.2) is 0 Å². The van der Waals surface area contributed by atoms with Crippen LogP contribution < -0.4 is 0 Å². The number of benzene rings is 1. The van der Waals surface area contributed by atoms with Crippen LogP contribution in [0.4, 0.5) is 4.39 Å². The molecule has 15 heavy (non-hydrogen) atoms. The maximum absolute atomic E-state index is 13.2. The number of hydrogen-bond acceptors (Lipinski definition) is 0. The number of aromatic nitrogens is 1. The summed E-state index contributed by atoms with van der Waals surface area (Å²) < 4.78 is 13.2. The first kappa shape index (κ1) is 10.2. The summed E-state index contributed by atoms with van der Waals surface area (Å²) in [6, 6.07) is 5.02. The maximum atomic E-state index is 13.2. The zero-order valence-electron chi connectivity index (χ0n) is 8.40. The largest absolute Gasteiger partial charge is 0.354 e. The lowest BCUT2D eigenvalue weighted by Gasteiger charge is -1.97. The molecule has 0 aliphatic carbocycles. The van der Waals surface area contributed by atoms with Gasteiger partial charge in [-0.2, -0.15) is 0 Å². The fraction of sp³-hybridized carbons (Fsp3) is 0.167. The van der Waals surface area contributed by atoms with Crippen LogP contribution in [-0.2, 0) is 0 Å². The molecule has 1 aromatic carbocycles. The molecule has 0 spiro atoms. The van der Waals surface area contributed by atoms with Crippen LogP contribution in [0.1, 0.15) is 19.0 Å². The first-order valence-corrected chi connectivity index (χ1v) is 5.16. The third-order valence-corrected chi connectivity index (χ3v) is 2.86. The molecule has 0 atom stereocenters. The van der Waals surface area contributed by atoms with Crippen molar-refractivity contribution < 1.29 is 4.39 Å². The molecular formula is C12H11ClFN. The number of hydrogen-bond donors (Lipinski definition) is 1. The third-order valence-electron chi connectivity index (χ3n) is 2.49. The monoisotopic (exact) mass is 223 g/mol. The zero-order valence-corrected chi connectivity index (χ0v) is 9.16. The SMILES string of the molecule is C=C(CC)c1cc2ccc(F)c(Cl)c2[nH]1. The van der Waals surface area contributed by atoms with E-state index in [2.05, 4.69) is 11.6 Å². The van der Waals surface area contributed by atoms with Crippen molar-refractivity contribution in [2.24, 2.45) is 0 Å². The van der Waals surface area contributed by atoms with E-state index < -0.39 is 5.82 Å². The molecule has 2 rings (SSSR count). The molecule has 0 saturated carbocycles. The van der Waals surface area contributed by atoms with Crippen LogP contribution in [0.2, 0.25) is 5.02 Å². The number of rotatable bonds is 2. The van der Waals surface area contributed by atoms with E-state index in [0.29, 0.717) is 5.52 Å². The molecular weight excluding hydrogens is 213 g/mol. The van der Waals surface area contributed by atoms with Crippen molar-refractivity contribution in [1.82, 2.24) is 4.98 Å². The van der Waals surface area contributed by atoms with E-state index in [0.717, 1.165) is 23.1 Å². The number of halogens is 2. The number of fused-ring (bicyclic) bond motifs is 1. The van der Waals surface area contributed by atoms with Crippen LogP contribution in [0.3, 0.4) is 0 Å². The second-order valence-corrected chi connectivity index (χ2v) is 3.84. The predicted octanol–water partition coefficient (Wildman–Crippen LogP) is 4.38. The minimum Gasteiger partial charge on any atom is -0.354 e. The number of aromatic amines is 1. The Morgan fingerprint density at radius 2 is 2.27 bits per heavy atom. The van der Waals surface area contributed by atoms with E-state index in [1.807, 2.05) is 13.0 Å².